The van der Waals surface area contributed by atoms with Gasteiger partial charge in [-0.15, -0.1) is 0 Å². The topological polar surface area (TPSA) is 58.6 Å². The average molecular weight is 243 g/mol. The quantitative estimate of drug-likeness (QED) is 0.765. The number of aliphatic hydroxyl groups is 1. The lowest BCUT2D eigenvalue weighted by Gasteiger charge is -2.59. The molecule has 100 valence electrons. The summed E-state index contributed by atoms with van der Waals surface area (Å²) >= 11 is 0. The van der Waals surface area contributed by atoms with Gasteiger partial charge in [0, 0.05) is 24.5 Å². The number of carbonyl (C=O) groups is 1. The molecule has 0 aromatic rings. The van der Waals surface area contributed by atoms with Gasteiger partial charge in [0.15, 0.2) is 0 Å². The Morgan fingerprint density at radius 3 is 2.35 bits per heavy atom. The van der Waals surface area contributed by atoms with Crippen LogP contribution in [0, 0.1) is 11.3 Å². The van der Waals surface area contributed by atoms with Crippen molar-refractivity contribution in [2.45, 2.75) is 58.8 Å². The summed E-state index contributed by atoms with van der Waals surface area (Å²) in [4.78, 5) is 11.6. The van der Waals surface area contributed by atoms with E-state index in [-0.39, 0.29) is 23.5 Å². The Bertz CT molecular complexity index is 274. The summed E-state index contributed by atoms with van der Waals surface area (Å²) in [6, 6.07) is 0.101. The summed E-state index contributed by atoms with van der Waals surface area (Å²) in [7, 11) is 1.73. The maximum absolute atomic E-state index is 11.6. The van der Waals surface area contributed by atoms with Crippen molar-refractivity contribution >= 4 is 5.91 Å². The van der Waals surface area contributed by atoms with Crippen LogP contribution in [0.4, 0.5) is 0 Å². The third kappa shape index (κ3) is 2.20. The van der Waals surface area contributed by atoms with Crippen molar-refractivity contribution in [3.8, 4) is 0 Å². The van der Waals surface area contributed by atoms with Gasteiger partial charge in [0.1, 0.15) is 6.10 Å². The number of rotatable bonds is 5. The first-order chi connectivity index (χ1) is 7.94. The molecule has 17 heavy (non-hydrogen) atoms. The van der Waals surface area contributed by atoms with Gasteiger partial charge in [-0.3, -0.25) is 4.79 Å². The Morgan fingerprint density at radius 1 is 1.47 bits per heavy atom. The lowest BCUT2D eigenvalue weighted by Crippen LogP contribution is -2.70. The molecule has 4 nitrogen and oxygen atoms in total. The van der Waals surface area contributed by atoms with Crippen LogP contribution in [0.5, 0.6) is 0 Å². The Kier molecular flexibility index (Phi) is 4.55. The van der Waals surface area contributed by atoms with Crippen LogP contribution in [-0.2, 0) is 9.53 Å². The fourth-order valence-corrected chi connectivity index (χ4v) is 3.37. The van der Waals surface area contributed by atoms with Gasteiger partial charge in [0.05, 0.1) is 6.10 Å². The van der Waals surface area contributed by atoms with Crippen molar-refractivity contribution < 1.29 is 14.6 Å². The third-order valence-electron chi connectivity index (χ3n) is 4.44. The predicted molar refractivity (Wildman–Crippen MR) is 66.6 cm³/mol. The van der Waals surface area contributed by atoms with Crippen LogP contribution in [-0.4, -0.2) is 36.4 Å². The second-order valence-corrected chi connectivity index (χ2v) is 5.12. The van der Waals surface area contributed by atoms with Crippen LogP contribution in [0.2, 0.25) is 0 Å². The fourth-order valence-electron chi connectivity index (χ4n) is 3.37. The normalized spacial score (nSPS) is 32.7. The van der Waals surface area contributed by atoms with E-state index < -0.39 is 6.10 Å². The van der Waals surface area contributed by atoms with E-state index in [0.29, 0.717) is 5.92 Å². The molecule has 0 aliphatic heterocycles. The van der Waals surface area contributed by atoms with Crippen molar-refractivity contribution in [3.05, 3.63) is 0 Å². The van der Waals surface area contributed by atoms with Crippen molar-refractivity contribution in [2.24, 2.45) is 11.3 Å². The molecule has 2 N–H and O–H groups in total. The monoisotopic (exact) mass is 243 g/mol. The zero-order valence-corrected chi connectivity index (χ0v) is 11.5. The predicted octanol–water partition coefficient (Wildman–Crippen LogP) is 1.32. The average Bonchev–Trinajstić information content (AvgIpc) is 2.31. The van der Waals surface area contributed by atoms with Crippen LogP contribution in [0.15, 0.2) is 0 Å². The SMILES string of the molecule is CCC1(CC)C(NC(=O)C(C)O)C(C)C1OC. The van der Waals surface area contributed by atoms with E-state index in [2.05, 4.69) is 26.1 Å². The first-order valence-electron chi connectivity index (χ1n) is 6.45. The maximum atomic E-state index is 11.6. The molecule has 4 unspecified atom stereocenters. The molecule has 0 spiro atoms. The van der Waals surface area contributed by atoms with Crippen LogP contribution in [0.3, 0.4) is 0 Å². The molecule has 1 rings (SSSR count). The highest BCUT2D eigenvalue weighted by Gasteiger charge is 2.58. The number of hydrogen-bond acceptors (Lipinski definition) is 3. The number of amides is 1. The van der Waals surface area contributed by atoms with E-state index in [1.165, 1.54) is 6.92 Å². The van der Waals surface area contributed by atoms with Gasteiger partial charge in [0.25, 0.3) is 0 Å². The molecule has 0 aromatic carbocycles. The Labute approximate surface area is 104 Å². The summed E-state index contributed by atoms with van der Waals surface area (Å²) in [6.45, 7) is 7.84. The summed E-state index contributed by atoms with van der Waals surface area (Å²) in [6.07, 6.45) is 1.18. The highest BCUT2D eigenvalue weighted by Crippen LogP contribution is 2.52. The van der Waals surface area contributed by atoms with Gasteiger partial charge in [-0.25, -0.2) is 0 Å². The van der Waals surface area contributed by atoms with Gasteiger partial charge >= 0.3 is 0 Å². The summed E-state index contributed by atoms with van der Waals surface area (Å²) in [5.41, 5.74) is 0.0126. The molecule has 1 aliphatic carbocycles. The van der Waals surface area contributed by atoms with Crippen molar-refractivity contribution in [3.63, 3.8) is 0 Å². The summed E-state index contributed by atoms with van der Waals surface area (Å²) in [5.74, 6) is 0.00489. The number of methoxy groups -OCH3 is 1. The zero-order valence-electron chi connectivity index (χ0n) is 11.5. The standard InChI is InChI=1S/C13H25NO3/c1-6-13(7-2)10(8(3)11(13)17-5)14-12(16)9(4)15/h8-11,15H,6-7H2,1-5H3,(H,14,16). The molecule has 4 atom stereocenters. The number of ether oxygens (including phenoxy) is 1. The largest absolute Gasteiger partial charge is 0.384 e. The minimum absolute atomic E-state index is 0.0126. The number of aliphatic hydroxyl groups excluding tert-OH is 1. The summed E-state index contributed by atoms with van der Waals surface area (Å²) in [5, 5.41) is 12.2. The molecular weight excluding hydrogens is 218 g/mol. The van der Waals surface area contributed by atoms with E-state index in [1.54, 1.807) is 7.11 Å². The lowest BCUT2D eigenvalue weighted by atomic mass is 9.53. The summed E-state index contributed by atoms with van der Waals surface area (Å²) < 4.78 is 5.55. The minimum atomic E-state index is -0.949. The van der Waals surface area contributed by atoms with Crippen LogP contribution >= 0.6 is 0 Å². The van der Waals surface area contributed by atoms with Crippen LogP contribution in [0.25, 0.3) is 0 Å². The van der Waals surface area contributed by atoms with E-state index in [0.717, 1.165) is 12.8 Å². The van der Waals surface area contributed by atoms with E-state index in [9.17, 15) is 9.90 Å². The van der Waals surface area contributed by atoms with Gasteiger partial charge in [0.2, 0.25) is 5.91 Å². The van der Waals surface area contributed by atoms with Crippen molar-refractivity contribution in [1.82, 2.24) is 5.32 Å². The number of hydrogen-bond donors (Lipinski definition) is 2. The molecule has 0 aromatic heterocycles. The van der Waals surface area contributed by atoms with E-state index in [4.69, 9.17) is 4.74 Å². The van der Waals surface area contributed by atoms with Crippen molar-refractivity contribution in [1.29, 1.82) is 0 Å². The van der Waals surface area contributed by atoms with Gasteiger partial charge < -0.3 is 15.2 Å². The molecule has 1 aliphatic rings. The lowest BCUT2D eigenvalue weighted by molar-refractivity contribution is -0.174. The molecule has 4 heteroatoms. The third-order valence-corrected chi connectivity index (χ3v) is 4.44. The fraction of sp³-hybridized carbons (Fsp3) is 0.923. The van der Waals surface area contributed by atoms with E-state index in [1.807, 2.05) is 0 Å². The number of carbonyl (C=O) groups excluding carboxylic acids is 1. The van der Waals surface area contributed by atoms with Gasteiger partial charge in [-0.2, -0.15) is 0 Å². The molecular formula is C13H25NO3. The molecule has 0 heterocycles. The Hall–Kier alpha value is -0.610. The Balaban J connectivity index is 2.80. The molecule has 1 saturated carbocycles. The van der Waals surface area contributed by atoms with Crippen LogP contribution in [0.1, 0.15) is 40.5 Å². The molecule has 0 radical (unpaired) electrons. The zero-order chi connectivity index (χ0) is 13.2. The first-order valence-corrected chi connectivity index (χ1v) is 6.45. The van der Waals surface area contributed by atoms with Gasteiger partial charge in [-0.05, 0) is 19.8 Å². The first kappa shape index (κ1) is 14.5. The van der Waals surface area contributed by atoms with Crippen molar-refractivity contribution in [2.75, 3.05) is 7.11 Å². The minimum Gasteiger partial charge on any atom is -0.384 e. The second-order valence-electron chi connectivity index (χ2n) is 5.12. The highest BCUT2D eigenvalue weighted by molar-refractivity contribution is 5.80. The highest BCUT2D eigenvalue weighted by atomic mass is 16.5. The molecule has 1 amide bonds. The maximum Gasteiger partial charge on any atom is 0.248 e. The molecule has 0 bridgehead atoms. The Morgan fingerprint density at radius 2 is 2.00 bits per heavy atom. The van der Waals surface area contributed by atoms with Gasteiger partial charge in [-0.1, -0.05) is 20.8 Å². The second kappa shape index (κ2) is 5.36. The molecule has 1 fully saturated rings. The van der Waals surface area contributed by atoms with E-state index >= 15 is 0 Å². The smallest absolute Gasteiger partial charge is 0.248 e. The molecule has 0 saturated heterocycles. The number of nitrogens with one attached hydrogen (secondary N) is 1. The van der Waals surface area contributed by atoms with Crippen LogP contribution < -0.4 is 5.32 Å².